The molecule has 0 spiro atoms. The van der Waals surface area contributed by atoms with Crippen molar-refractivity contribution in [1.82, 2.24) is 5.32 Å². The lowest BCUT2D eigenvalue weighted by molar-refractivity contribution is -0.142. The van der Waals surface area contributed by atoms with Crippen molar-refractivity contribution in [3.63, 3.8) is 0 Å². The summed E-state index contributed by atoms with van der Waals surface area (Å²) in [4.78, 5) is 22.8. The zero-order valence-corrected chi connectivity index (χ0v) is 13.1. The Bertz CT molecular complexity index is 686. The van der Waals surface area contributed by atoms with E-state index in [0.717, 1.165) is 0 Å². The number of esters is 1. The Balaban J connectivity index is 2.10. The van der Waals surface area contributed by atoms with Gasteiger partial charge in [0.05, 0.1) is 12.4 Å². The maximum Gasteiger partial charge on any atom is 0.322 e. The summed E-state index contributed by atoms with van der Waals surface area (Å²) in [6.07, 6.45) is 0.147. The minimum absolute atomic E-state index is 0.144. The van der Waals surface area contributed by atoms with E-state index in [1.807, 2.05) is 0 Å². The molecular formula is C14H18N2O5S. The van der Waals surface area contributed by atoms with Gasteiger partial charge in [0, 0.05) is 17.8 Å². The summed E-state index contributed by atoms with van der Waals surface area (Å²) in [5.74, 6) is -0.620. The molecule has 7 nitrogen and oxygen atoms in total. The minimum atomic E-state index is -3.66. The summed E-state index contributed by atoms with van der Waals surface area (Å²) in [6.45, 7) is 1.58. The number of carbonyl (C=O) groups excluding carboxylic acids is 2. The Hall–Kier alpha value is -1.93. The molecule has 2 unspecified atom stereocenters. The molecule has 8 heteroatoms. The van der Waals surface area contributed by atoms with Gasteiger partial charge in [-0.15, -0.1) is 0 Å². The zero-order chi connectivity index (χ0) is 16.3. The fourth-order valence-electron chi connectivity index (χ4n) is 2.31. The molecule has 0 radical (unpaired) electrons. The van der Waals surface area contributed by atoms with E-state index in [1.165, 1.54) is 20.1 Å². The number of ether oxygens (including phenoxy) is 1. The lowest BCUT2D eigenvalue weighted by Gasteiger charge is -2.13. The predicted molar refractivity (Wildman–Crippen MR) is 81.2 cm³/mol. The van der Waals surface area contributed by atoms with Gasteiger partial charge in [-0.2, -0.15) is 0 Å². The van der Waals surface area contributed by atoms with Crippen LogP contribution in [0.1, 0.15) is 23.7 Å². The van der Waals surface area contributed by atoms with Crippen LogP contribution in [0, 0.1) is 0 Å². The Morgan fingerprint density at radius 3 is 2.73 bits per heavy atom. The highest BCUT2D eigenvalue weighted by atomic mass is 32.2. The Kier molecular flexibility index (Phi) is 4.82. The Labute approximate surface area is 129 Å². The molecule has 0 aliphatic carbocycles. The summed E-state index contributed by atoms with van der Waals surface area (Å²) in [5.41, 5.74) is 0.756. The van der Waals surface area contributed by atoms with Crippen LogP contribution in [0.2, 0.25) is 0 Å². The summed E-state index contributed by atoms with van der Waals surface area (Å²) < 4.78 is 31.8. The normalized spacial score (nSPS) is 21.4. The fraction of sp³-hybridized carbons (Fsp3) is 0.429. The third kappa shape index (κ3) is 3.63. The second-order valence-corrected chi connectivity index (χ2v) is 7.09. The van der Waals surface area contributed by atoms with Crippen molar-refractivity contribution in [3.8, 4) is 0 Å². The van der Waals surface area contributed by atoms with E-state index in [4.69, 9.17) is 0 Å². The van der Waals surface area contributed by atoms with Crippen molar-refractivity contribution in [2.75, 3.05) is 18.4 Å². The first kappa shape index (κ1) is 16.4. The van der Waals surface area contributed by atoms with E-state index in [0.29, 0.717) is 11.3 Å². The molecule has 1 aromatic rings. The van der Waals surface area contributed by atoms with E-state index in [1.54, 1.807) is 18.2 Å². The van der Waals surface area contributed by atoms with Gasteiger partial charge >= 0.3 is 5.97 Å². The molecule has 0 aromatic heterocycles. The summed E-state index contributed by atoms with van der Waals surface area (Å²) in [5, 5.41) is 2.09. The monoisotopic (exact) mass is 326 g/mol. The number of methoxy groups -OCH3 is 1. The van der Waals surface area contributed by atoms with Crippen LogP contribution in [0.25, 0.3) is 0 Å². The lowest BCUT2D eigenvalue weighted by atomic mass is 10.1. The van der Waals surface area contributed by atoms with Gasteiger partial charge in [0.15, 0.2) is 5.78 Å². The summed E-state index contributed by atoms with van der Waals surface area (Å²) >= 11 is 0. The summed E-state index contributed by atoms with van der Waals surface area (Å²) in [6, 6.07) is 5.67. The van der Waals surface area contributed by atoms with Gasteiger partial charge in [-0.1, -0.05) is 12.1 Å². The first-order valence-corrected chi connectivity index (χ1v) is 8.32. The largest absolute Gasteiger partial charge is 0.468 e. The molecule has 1 saturated heterocycles. The standard InChI is InChI=1S/C14H18N2O5S/c1-9(17)10-4-3-5-11(6-10)16-22(19,20)12-7-13(15-8-12)14(18)21-2/h3-6,12-13,15-16H,7-8H2,1-2H3. The number of nitrogens with one attached hydrogen (secondary N) is 2. The molecule has 1 aliphatic heterocycles. The van der Waals surface area contributed by atoms with Gasteiger partial charge in [-0.05, 0) is 25.5 Å². The highest BCUT2D eigenvalue weighted by Crippen LogP contribution is 2.20. The molecule has 1 aromatic carbocycles. The molecule has 1 aliphatic rings. The Morgan fingerprint density at radius 1 is 1.36 bits per heavy atom. The molecule has 120 valence electrons. The second kappa shape index (κ2) is 6.45. The van der Waals surface area contributed by atoms with E-state index in [-0.39, 0.29) is 18.7 Å². The minimum Gasteiger partial charge on any atom is -0.468 e. The topological polar surface area (TPSA) is 102 Å². The number of ketones is 1. The van der Waals surface area contributed by atoms with Crippen LogP contribution in [0.3, 0.4) is 0 Å². The first-order valence-electron chi connectivity index (χ1n) is 6.77. The molecule has 2 N–H and O–H groups in total. The average molecular weight is 326 g/mol. The van der Waals surface area contributed by atoms with Crippen molar-refractivity contribution in [2.45, 2.75) is 24.6 Å². The van der Waals surface area contributed by atoms with Crippen molar-refractivity contribution in [1.29, 1.82) is 0 Å². The number of Topliss-reactive ketones (excluding diaryl/α,β-unsaturated/α-hetero) is 1. The van der Waals surface area contributed by atoms with E-state index < -0.39 is 27.3 Å². The van der Waals surface area contributed by atoms with Crippen LogP contribution in [-0.2, 0) is 19.6 Å². The van der Waals surface area contributed by atoms with Gasteiger partial charge in [-0.3, -0.25) is 14.3 Å². The van der Waals surface area contributed by atoms with Gasteiger partial charge < -0.3 is 10.1 Å². The first-order chi connectivity index (χ1) is 10.3. The molecule has 2 rings (SSSR count). The van der Waals surface area contributed by atoms with E-state index in [9.17, 15) is 18.0 Å². The molecule has 1 heterocycles. The number of benzene rings is 1. The lowest BCUT2D eigenvalue weighted by Crippen LogP contribution is -2.31. The van der Waals surface area contributed by atoms with Crippen LogP contribution >= 0.6 is 0 Å². The van der Waals surface area contributed by atoms with Crippen LogP contribution in [0.4, 0.5) is 5.69 Å². The zero-order valence-electron chi connectivity index (χ0n) is 12.3. The molecular weight excluding hydrogens is 308 g/mol. The maximum atomic E-state index is 12.4. The molecule has 0 bridgehead atoms. The number of hydrogen-bond donors (Lipinski definition) is 2. The summed E-state index contributed by atoms with van der Waals surface area (Å²) in [7, 11) is -2.40. The Morgan fingerprint density at radius 2 is 2.09 bits per heavy atom. The molecule has 1 fully saturated rings. The SMILES string of the molecule is COC(=O)C1CC(S(=O)(=O)Nc2cccc(C(C)=O)c2)CN1. The quantitative estimate of drug-likeness (QED) is 0.605. The smallest absolute Gasteiger partial charge is 0.322 e. The predicted octanol–water partition coefficient (Wildman–Crippen LogP) is 0.534. The van der Waals surface area contributed by atoms with Crippen LogP contribution in [-0.4, -0.2) is 45.1 Å². The second-order valence-electron chi connectivity index (χ2n) is 5.13. The van der Waals surface area contributed by atoms with Crippen molar-refractivity contribution in [2.24, 2.45) is 0 Å². The van der Waals surface area contributed by atoms with Crippen molar-refractivity contribution < 1.29 is 22.7 Å². The van der Waals surface area contributed by atoms with Crippen molar-refractivity contribution >= 4 is 27.5 Å². The fourth-order valence-corrected chi connectivity index (χ4v) is 3.69. The third-order valence-corrected chi connectivity index (χ3v) is 5.30. The highest BCUT2D eigenvalue weighted by molar-refractivity contribution is 7.93. The number of hydrogen-bond acceptors (Lipinski definition) is 6. The molecule has 0 amide bonds. The average Bonchev–Trinajstić information content (AvgIpc) is 2.97. The van der Waals surface area contributed by atoms with Crippen molar-refractivity contribution in [3.05, 3.63) is 29.8 Å². The third-order valence-electron chi connectivity index (χ3n) is 3.54. The van der Waals surface area contributed by atoms with E-state index in [2.05, 4.69) is 14.8 Å². The number of rotatable bonds is 5. The van der Waals surface area contributed by atoms with Crippen LogP contribution in [0.15, 0.2) is 24.3 Å². The van der Waals surface area contributed by atoms with Crippen LogP contribution in [0.5, 0.6) is 0 Å². The van der Waals surface area contributed by atoms with Gasteiger partial charge in [0.1, 0.15) is 6.04 Å². The van der Waals surface area contributed by atoms with Gasteiger partial charge in [0.25, 0.3) is 0 Å². The number of carbonyl (C=O) groups is 2. The van der Waals surface area contributed by atoms with Gasteiger partial charge in [-0.25, -0.2) is 8.42 Å². The number of sulfonamides is 1. The highest BCUT2D eigenvalue weighted by Gasteiger charge is 2.37. The molecule has 2 atom stereocenters. The van der Waals surface area contributed by atoms with E-state index >= 15 is 0 Å². The van der Waals surface area contributed by atoms with Gasteiger partial charge in [0.2, 0.25) is 10.0 Å². The van der Waals surface area contributed by atoms with Crippen LogP contribution < -0.4 is 10.0 Å². The maximum absolute atomic E-state index is 12.4. The number of anilines is 1. The molecule has 22 heavy (non-hydrogen) atoms. The molecule has 0 saturated carbocycles.